The summed E-state index contributed by atoms with van der Waals surface area (Å²) < 4.78 is 74.1. The molecule has 3 fully saturated rings. The molecule has 16 heteroatoms. The third-order valence-electron chi connectivity index (χ3n) is 13.9. The second-order valence-electron chi connectivity index (χ2n) is 19.8. The molecule has 0 aliphatic carbocycles. The largest absolute Gasteiger partial charge is 0.387 e. The van der Waals surface area contributed by atoms with Crippen molar-refractivity contribution in [2.75, 3.05) is 13.2 Å². The molecule has 78 heavy (non-hydrogen) atoms. The quantitative estimate of drug-likeness (QED) is 0.0461. The fourth-order valence-corrected chi connectivity index (χ4v) is 9.84. The van der Waals surface area contributed by atoms with E-state index in [4.69, 9.17) is 52.1 Å². The van der Waals surface area contributed by atoms with Crippen molar-refractivity contribution in [3.8, 4) is 0 Å². The van der Waals surface area contributed by atoms with Gasteiger partial charge in [-0.1, -0.05) is 182 Å². The summed E-state index contributed by atoms with van der Waals surface area (Å²) in [6, 6.07) is 56.7. The summed E-state index contributed by atoms with van der Waals surface area (Å²) in [5.41, 5.74) is 5.35. The molecule has 0 saturated carbocycles. The first-order chi connectivity index (χ1) is 38.2. The summed E-state index contributed by atoms with van der Waals surface area (Å²) in [4.78, 5) is 13.6. The predicted octanol–water partition coefficient (Wildman–Crippen LogP) is 6.95. The Labute approximate surface area is 456 Å². The molecule has 0 radical (unpaired) electrons. The van der Waals surface area contributed by atoms with Gasteiger partial charge in [-0.05, 0) is 40.3 Å². The lowest BCUT2D eigenvalue weighted by Crippen LogP contribution is -2.70. The first kappa shape index (κ1) is 56.9. The highest BCUT2D eigenvalue weighted by molar-refractivity contribution is 5.73. The monoisotopic (exact) mass is 1070 g/mol. The van der Waals surface area contributed by atoms with Gasteiger partial charge in [-0.25, -0.2) is 0 Å². The molecule has 3 aliphatic rings. The number of carbonyl (C=O) groups is 1. The molecule has 0 aromatic heterocycles. The molecule has 3 saturated heterocycles. The highest BCUT2D eigenvalue weighted by atomic mass is 16.8. The predicted molar refractivity (Wildman–Crippen MR) is 286 cm³/mol. The maximum Gasteiger partial charge on any atom is 0.217 e. The molecule has 4 N–H and O–H groups in total. The number of ether oxygens (including phenoxy) is 11. The van der Waals surface area contributed by atoms with E-state index in [0.29, 0.717) is 0 Å². The van der Waals surface area contributed by atoms with Crippen LogP contribution in [-0.2, 0) is 96.5 Å². The van der Waals surface area contributed by atoms with Crippen LogP contribution in [0.25, 0.3) is 0 Å². The smallest absolute Gasteiger partial charge is 0.217 e. The number of aliphatic hydroxyl groups is 3. The van der Waals surface area contributed by atoms with Crippen molar-refractivity contribution in [1.29, 1.82) is 0 Å². The van der Waals surface area contributed by atoms with E-state index >= 15 is 0 Å². The Kier molecular flexibility index (Phi) is 21.1. The molecular formula is C62H71NO15. The summed E-state index contributed by atoms with van der Waals surface area (Å²) in [5.74, 6) is -0.445. The van der Waals surface area contributed by atoms with E-state index in [-0.39, 0.29) is 52.9 Å². The van der Waals surface area contributed by atoms with E-state index in [9.17, 15) is 20.1 Å². The normalized spacial score (nSPS) is 29.2. The Morgan fingerprint density at radius 2 is 0.795 bits per heavy atom. The van der Waals surface area contributed by atoms with Gasteiger partial charge in [0.15, 0.2) is 18.9 Å². The van der Waals surface area contributed by atoms with Gasteiger partial charge in [0.1, 0.15) is 67.1 Å². The molecule has 3 heterocycles. The number of amides is 1. The fraction of sp³-hybridized carbons (Fsp3) is 0.403. The van der Waals surface area contributed by atoms with Crippen LogP contribution in [0.5, 0.6) is 0 Å². The molecule has 0 bridgehead atoms. The SMILES string of the molecule is CC(=O)N[C@H]1[C@@H](OCc2ccccc2)O[C@H](COCc2ccccc2)[C@@H](O[C@@H]2O[C@H](COCc3ccccc3)[C@H](O)[C@H](O)[C@H]2O)[C@@H]1O[C@@H]1O[C@@H](C)[C@@H](OCc2ccccc2)[C@@H](OCc2ccccc2)[C@@H]1OCc1ccccc1. The first-order valence-electron chi connectivity index (χ1n) is 26.6. The second-order valence-corrected chi connectivity index (χ2v) is 19.8. The zero-order valence-electron chi connectivity index (χ0n) is 43.9. The molecule has 15 atom stereocenters. The van der Waals surface area contributed by atoms with Crippen molar-refractivity contribution in [2.24, 2.45) is 0 Å². The van der Waals surface area contributed by atoms with Crippen LogP contribution in [0.3, 0.4) is 0 Å². The summed E-state index contributed by atoms with van der Waals surface area (Å²) in [6.45, 7) is 3.97. The average Bonchev–Trinajstić information content (AvgIpc) is 3.59. The lowest BCUT2D eigenvalue weighted by Gasteiger charge is -2.51. The Morgan fingerprint density at radius 3 is 1.26 bits per heavy atom. The molecule has 3 aliphatic heterocycles. The minimum absolute atomic E-state index is 0.0756. The second kappa shape index (κ2) is 28.9. The van der Waals surface area contributed by atoms with E-state index in [0.717, 1.165) is 33.4 Å². The minimum Gasteiger partial charge on any atom is -0.387 e. The number of benzene rings is 6. The summed E-state index contributed by atoms with van der Waals surface area (Å²) >= 11 is 0. The summed E-state index contributed by atoms with van der Waals surface area (Å²) in [6.07, 6.45) is -17.2. The van der Waals surface area contributed by atoms with Crippen LogP contribution < -0.4 is 5.32 Å². The molecule has 414 valence electrons. The zero-order valence-corrected chi connectivity index (χ0v) is 43.9. The molecule has 0 spiro atoms. The van der Waals surface area contributed by atoms with Gasteiger partial charge in [-0.15, -0.1) is 0 Å². The van der Waals surface area contributed by atoms with Crippen LogP contribution in [0.2, 0.25) is 0 Å². The number of hydrogen-bond acceptors (Lipinski definition) is 15. The Hall–Kier alpha value is -5.77. The number of rotatable bonds is 25. The number of aliphatic hydroxyl groups excluding tert-OH is 3. The van der Waals surface area contributed by atoms with Gasteiger partial charge in [-0.3, -0.25) is 4.79 Å². The average molecular weight is 1070 g/mol. The maximum absolute atomic E-state index is 13.6. The van der Waals surface area contributed by atoms with E-state index in [1.54, 1.807) is 0 Å². The van der Waals surface area contributed by atoms with Gasteiger partial charge in [0, 0.05) is 6.92 Å². The van der Waals surface area contributed by atoms with Crippen LogP contribution in [0.4, 0.5) is 0 Å². The highest BCUT2D eigenvalue weighted by Gasteiger charge is 2.56. The Bertz CT molecular complexity index is 2650. The van der Waals surface area contributed by atoms with Crippen molar-refractivity contribution in [3.05, 3.63) is 215 Å². The molecular weight excluding hydrogens is 999 g/mol. The topological polar surface area (TPSA) is 191 Å². The van der Waals surface area contributed by atoms with Gasteiger partial charge in [0.05, 0.1) is 59.0 Å². The van der Waals surface area contributed by atoms with Gasteiger partial charge in [0.25, 0.3) is 0 Å². The van der Waals surface area contributed by atoms with Crippen molar-refractivity contribution < 1.29 is 72.2 Å². The van der Waals surface area contributed by atoms with E-state index < -0.39 is 98.0 Å². The number of hydrogen-bond donors (Lipinski definition) is 4. The van der Waals surface area contributed by atoms with Gasteiger partial charge in [-0.2, -0.15) is 0 Å². The lowest BCUT2D eigenvalue weighted by atomic mass is 9.94. The van der Waals surface area contributed by atoms with Crippen molar-refractivity contribution in [2.45, 2.75) is 146 Å². The lowest BCUT2D eigenvalue weighted by molar-refractivity contribution is -0.380. The number of nitrogens with one attached hydrogen (secondary N) is 1. The Balaban J connectivity index is 1.10. The third-order valence-corrected chi connectivity index (χ3v) is 13.9. The van der Waals surface area contributed by atoms with Crippen molar-refractivity contribution in [3.63, 3.8) is 0 Å². The standard InChI is InChI=1S/C62H71NO15/c1-41-55(70-35-45-25-13-5-14-26-45)58(71-36-46-27-15-6-16-28-46)59(72-37-47-29-17-7-18-30-47)62(74-41)78-57-51(63-42(2)64)60(73-38-48-31-19-8-20-32-48)76-50(40-69-34-44-23-11-4-12-24-44)56(57)77-61-54(67)53(66)52(65)49(75-61)39-68-33-43-21-9-3-10-22-43/h3-32,41,49-62,65-67H,33-40H2,1-2H3,(H,63,64)/t41-,49+,50+,51+,52-,53-,54+,55+,56+,57+,58+,59-,60-,61-,62-/m0/s1. The summed E-state index contributed by atoms with van der Waals surface area (Å²) in [5, 5.41) is 37.6. The van der Waals surface area contributed by atoms with Crippen LogP contribution in [-0.4, -0.2) is 126 Å². The van der Waals surface area contributed by atoms with Crippen LogP contribution >= 0.6 is 0 Å². The van der Waals surface area contributed by atoms with E-state index in [2.05, 4.69) is 5.32 Å². The summed E-state index contributed by atoms with van der Waals surface area (Å²) in [7, 11) is 0. The van der Waals surface area contributed by atoms with Crippen LogP contribution in [0.1, 0.15) is 47.2 Å². The molecule has 6 aromatic carbocycles. The van der Waals surface area contributed by atoms with Gasteiger partial charge >= 0.3 is 0 Å². The molecule has 6 aromatic rings. The molecule has 9 rings (SSSR count). The third kappa shape index (κ3) is 15.7. The molecule has 1 amide bonds. The fourth-order valence-electron chi connectivity index (χ4n) is 9.84. The van der Waals surface area contributed by atoms with Gasteiger partial charge < -0.3 is 72.7 Å². The minimum atomic E-state index is -1.78. The highest BCUT2D eigenvalue weighted by Crippen LogP contribution is 2.37. The molecule has 0 unspecified atom stereocenters. The Morgan fingerprint density at radius 1 is 0.410 bits per heavy atom. The number of carbonyl (C=O) groups excluding carboxylic acids is 1. The maximum atomic E-state index is 13.6. The first-order valence-corrected chi connectivity index (χ1v) is 26.6. The van der Waals surface area contributed by atoms with E-state index in [1.165, 1.54) is 6.92 Å². The molecule has 16 nitrogen and oxygen atoms in total. The van der Waals surface area contributed by atoms with Gasteiger partial charge in [0.2, 0.25) is 5.91 Å². The van der Waals surface area contributed by atoms with Crippen LogP contribution in [0.15, 0.2) is 182 Å². The zero-order chi connectivity index (χ0) is 54.1. The van der Waals surface area contributed by atoms with Crippen molar-refractivity contribution >= 4 is 5.91 Å². The van der Waals surface area contributed by atoms with Crippen LogP contribution in [0, 0.1) is 0 Å². The van der Waals surface area contributed by atoms with Crippen molar-refractivity contribution in [1.82, 2.24) is 5.32 Å². The van der Waals surface area contributed by atoms with E-state index in [1.807, 2.05) is 189 Å².